The third-order valence-electron chi connectivity index (χ3n) is 2.75. The zero-order valence-electron chi connectivity index (χ0n) is 11.0. The van der Waals surface area contributed by atoms with Gasteiger partial charge in [0.1, 0.15) is 5.75 Å². The minimum Gasteiger partial charge on any atom is -0.481 e. The lowest BCUT2D eigenvalue weighted by atomic mass is 10.0. The van der Waals surface area contributed by atoms with Crippen molar-refractivity contribution in [2.75, 3.05) is 7.11 Å². The van der Waals surface area contributed by atoms with Crippen LogP contribution in [0.3, 0.4) is 0 Å². The lowest BCUT2D eigenvalue weighted by Gasteiger charge is -2.16. The van der Waals surface area contributed by atoms with Crippen LogP contribution in [0.2, 0.25) is 0 Å². The van der Waals surface area contributed by atoms with Crippen LogP contribution in [0.1, 0.15) is 5.56 Å². The Labute approximate surface area is 118 Å². The SMILES string of the molecule is COc1nccc(CO)c1-c1ccccc1OC(F)(F)F. The van der Waals surface area contributed by atoms with Crippen LogP contribution in [-0.4, -0.2) is 23.6 Å². The van der Waals surface area contributed by atoms with Crippen LogP contribution in [-0.2, 0) is 6.61 Å². The zero-order chi connectivity index (χ0) is 15.5. The number of ether oxygens (including phenoxy) is 2. The van der Waals surface area contributed by atoms with Gasteiger partial charge in [-0.25, -0.2) is 4.98 Å². The second kappa shape index (κ2) is 6.01. The summed E-state index contributed by atoms with van der Waals surface area (Å²) >= 11 is 0. The summed E-state index contributed by atoms with van der Waals surface area (Å²) in [6.07, 6.45) is -3.41. The molecule has 1 aromatic carbocycles. The van der Waals surface area contributed by atoms with E-state index >= 15 is 0 Å². The minimum atomic E-state index is -4.81. The van der Waals surface area contributed by atoms with Gasteiger partial charge in [0.05, 0.1) is 19.3 Å². The van der Waals surface area contributed by atoms with Gasteiger partial charge in [-0.15, -0.1) is 13.2 Å². The van der Waals surface area contributed by atoms with Gasteiger partial charge in [-0.1, -0.05) is 18.2 Å². The molecule has 0 amide bonds. The molecule has 0 saturated heterocycles. The van der Waals surface area contributed by atoms with Crippen molar-refractivity contribution < 1.29 is 27.8 Å². The Morgan fingerprint density at radius 2 is 1.90 bits per heavy atom. The lowest BCUT2D eigenvalue weighted by molar-refractivity contribution is -0.274. The first-order chi connectivity index (χ1) is 9.96. The summed E-state index contributed by atoms with van der Waals surface area (Å²) in [6.45, 7) is -0.367. The van der Waals surface area contributed by atoms with E-state index < -0.39 is 6.36 Å². The van der Waals surface area contributed by atoms with Gasteiger partial charge in [0, 0.05) is 11.8 Å². The molecule has 0 aliphatic rings. The molecule has 0 unspecified atom stereocenters. The number of nitrogens with zero attached hydrogens (tertiary/aromatic N) is 1. The maximum atomic E-state index is 12.5. The first-order valence-electron chi connectivity index (χ1n) is 5.94. The molecule has 0 atom stereocenters. The molecule has 7 heteroatoms. The summed E-state index contributed by atoms with van der Waals surface area (Å²) < 4.78 is 46.5. The Hall–Kier alpha value is -2.28. The molecule has 0 saturated carbocycles. The normalized spacial score (nSPS) is 11.3. The molecule has 0 fully saturated rings. The number of alkyl halides is 3. The highest BCUT2D eigenvalue weighted by Gasteiger charge is 2.32. The summed E-state index contributed by atoms with van der Waals surface area (Å²) in [7, 11) is 1.35. The maximum absolute atomic E-state index is 12.5. The van der Waals surface area contributed by atoms with Gasteiger partial charge in [-0.2, -0.15) is 0 Å². The maximum Gasteiger partial charge on any atom is 0.573 e. The number of benzene rings is 1. The molecule has 1 N–H and O–H groups in total. The van der Waals surface area contributed by atoms with Crippen LogP contribution in [0.25, 0.3) is 11.1 Å². The minimum absolute atomic E-state index is 0.111. The molecule has 21 heavy (non-hydrogen) atoms. The van der Waals surface area contributed by atoms with E-state index in [9.17, 15) is 18.3 Å². The van der Waals surface area contributed by atoms with E-state index in [2.05, 4.69) is 9.72 Å². The standard InChI is InChI=1S/C14H12F3NO3/c1-20-13-12(9(8-19)6-7-18-13)10-4-2-3-5-11(10)21-14(15,16)17/h2-7,19H,8H2,1H3. The first-order valence-corrected chi connectivity index (χ1v) is 5.94. The van der Waals surface area contributed by atoms with E-state index in [0.717, 1.165) is 0 Å². The number of pyridine rings is 1. The second-order valence-electron chi connectivity index (χ2n) is 4.06. The molecule has 0 spiro atoms. The van der Waals surface area contributed by atoms with Crippen LogP contribution in [0.4, 0.5) is 13.2 Å². The number of hydrogen-bond donors (Lipinski definition) is 1. The van der Waals surface area contributed by atoms with Gasteiger partial charge in [0.15, 0.2) is 0 Å². The second-order valence-corrected chi connectivity index (χ2v) is 4.06. The molecular formula is C14H12F3NO3. The quantitative estimate of drug-likeness (QED) is 0.942. The number of aliphatic hydroxyl groups excluding tert-OH is 1. The van der Waals surface area contributed by atoms with Gasteiger partial charge >= 0.3 is 6.36 Å². The van der Waals surface area contributed by atoms with Crippen LogP contribution < -0.4 is 9.47 Å². The van der Waals surface area contributed by atoms with Crippen LogP contribution in [0, 0.1) is 0 Å². The fourth-order valence-corrected chi connectivity index (χ4v) is 1.94. The first kappa shape index (κ1) is 15.1. The average molecular weight is 299 g/mol. The summed E-state index contributed by atoms with van der Waals surface area (Å²) in [5.41, 5.74) is 0.797. The molecule has 2 aromatic rings. The van der Waals surface area contributed by atoms with E-state index in [1.54, 1.807) is 6.07 Å². The van der Waals surface area contributed by atoms with Crippen molar-refractivity contribution in [2.24, 2.45) is 0 Å². The Balaban J connectivity index is 2.62. The molecule has 0 radical (unpaired) electrons. The number of aliphatic hydroxyl groups is 1. The summed E-state index contributed by atoms with van der Waals surface area (Å²) in [4.78, 5) is 3.95. The van der Waals surface area contributed by atoms with E-state index in [-0.39, 0.29) is 29.4 Å². The molecule has 4 nitrogen and oxygen atoms in total. The fourth-order valence-electron chi connectivity index (χ4n) is 1.94. The Morgan fingerprint density at radius 1 is 1.19 bits per heavy atom. The van der Waals surface area contributed by atoms with Gasteiger partial charge in [0.2, 0.25) is 5.88 Å². The third kappa shape index (κ3) is 3.43. The largest absolute Gasteiger partial charge is 0.573 e. The Bertz CT molecular complexity index is 607. The molecule has 2 rings (SSSR count). The number of rotatable bonds is 4. The Morgan fingerprint density at radius 3 is 2.52 bits per heavy atom. The predicted molar refractivity (Wildman–Crippen MR) is 68.8 cm³/mol. The van der Waals surface area contributed by atoms with Gasteiger partial charge in [-0.05, 0) is 17.7 Å². The number of methoxy groups -OCH3 is 1. The molecular weight excluding hydrogens is 287 g/mol. The smallest absolute Gasteiger partial charge is 0.481 e. The average Bonchev–Trinajstić information content (AvgIpc) is 2.45. The van der Waals surface area contributed by atoms with Crippen molar-refractivity contribution in [1.82, 2.24) is 4.98 Å². The van der Waals surface area contributed by atoms with Crippen molar-refractivity contribution in [1.29, 1.82) is 0 Å². The number of para-hydroxylation sites is 1. The molecule has 0 aliphatic heterocycles. The van der Waals surface area contributed by atoms with E-state index in [4.69, 9.17) is 4.74 Å². The zero-order valence-corrected chi connectivity index (χ0v) is 11.0. The van der Waals surface area contributed by atoms with Gasteiger partial charge in [0.25, 0.3) is 0 Å². The van der Waals surface area contributed by atoms with Gasteiger partial charge in [-0.3, -0.25) is 0 Å². The van der Waals surface area contributed by atoms with Crippen molar-refractivity contribution in [3.8, 4) is 22.8 Å². The molecule has 1 heterocycles. The number of aromatic nitrogens is 1. The van der Waals surface area contributed by atoms with Crippen molar-refractivity contribution >= 4 is 0 Å². The Kier molecular flexibility index (Phi) is 4.32. The summed E-state index contributed by atoms with van der Waals surface area (Å²) in [5, 5.41) is 9.38. The van der Waals surface area contributed by atoms with Crippen LogP contribution in [0.15, 0.2) is 36.5 Å². The van der Waals surface area contributed by atoms with Crippen molar-refractivity contribution in [3.63, 3.8) is 0 Å². The monoisotopic (exact) mass is 299 g/mol. The van der Waals surface area contributed by atoms with Gasteiger partial charge < -0.3 is 14.6 Å². The predicted octanol–water partition coefficient (Wildman–Crippen LogP) is 3.15. The highest BCUT2D eigenvalue weighted by atomic mass is 19.4. The molecule has 0 bridgehead atoms. The number of halogens is 3. The van der Waals surface area contributed by atoms with Crippen LogP contribution in [0.5, 0.6) is 11.6 Å². The van der Waals surface area contributed by atoms with E-state index in [1.807, 2.05) is 0 Å². The van der Waals surface area contributed by atoms with E-state index in [0.29, 0.717) is 5.56 Å². The van der Waals surface area contributed by atoms with Crippen LogP contribution >= 0.6 is 0 Å². The highest BCUT2D eigenvalue weighted by Crippen LogP contribution is 2.39. The molecule has 0 aliphatic carbocycles. The van der Waals surface area contributed by atoms with Crippen molar-refractivity contribution in [2.45, 2.75) is 13.0 Å². The highest BCUT2D eigenvalue weighted by molar-refractivity contribution is 5.77. The lowest BCUT2D eigenvalue weighted by Crippen LogP contribution is -2.17. The third-order valence-corrected chi connectivity index (χ3v) is 2.75. The summed E-state index contributed by atoms with van der Waals surface area (Å²) in [6, 6.07) is 7.12. The summed E-state index contributed by atoms with van der Waals surface area (Å²) in [5.74, 6) is -0.272. The van der Waals surface area contributed by atoms with Crippen molar-refractivity contribution in [3.05, 3.63) is 42.1 Å². The topological polar surface area (TPSA) is 51.6 Å². The fraction of sp³-hybridized carbons (Fsp3) is 0.214. The molecule has 1 aromatic heterocycles. The van der Waals surface area contributed by atoms with E-state index in [1.165, 1.54) is 37.6 Å². The number of hydrogen-bond acceptors (Lipinski definition) is 4. The molecule has 112 valence electrons.